The summed E-state index contributed by atoms with van der Waals surface area (Å²) in [4.78, 5) is 6.78. The third-order valence-corrected chi connectivity index (χ3v) is 3.92. The smallest absolute Gasteiger partial charge is 0.122 e. The highest BCUT2D eigenvalue weighted by Crippen LogP contribution is 2.28. The zero-order valence-corrected chi connectivity index (χ0v) is 13.8. The standard InChI is InChI=1S/C16H19BrN4/c1-3-21(10-13-6-4-5-11(2)20-13)15-8-7-12(16(18)19)9-14(15)17/h4-9H,3,10H2,1-2H3,(H3,18,19). The summed E-state index contributed by atoms with van der Waals surface area (Å²) in [5.74, 6) is 0.0747. The number of nitrogens with zero attached hydrogens (tertiary/aromatic N) is 2. The van der Waals surface area contributed by atoms with E-state index in [2.05, 4.69) is 32.7 Å². The van der Waals surface area contributed by atoms with Crippen molar-refractivity contribution in [1.82, 2.24) is 4.98 Å². The Bertz CT molecular complexity index is 654. The van der Waals surface area contributed by atoms with Gasteiger partial charge in [0.25, 0.3) is 0 Å². The molecule has 0 fully saturated rings. The summed E-state index contributed by atoms with van der Waals surface area (Å²) in [6.07, 6.45) is 0. The van der Waals surface area contributed by atoms with Gasteiger partial charge < -0.3 is 10.6 Å². The number of hydrogen-bond donors (Lipinski definition) is 2. The Hall–Kier alpha value is -1.88. The number of hydrogen-bond acceptors (Lipinski definition) is 3. The number of nitrogen functional groups attached to an aromatic ring is 1. The van der Waals surface area contributed by atoms with Crippen LogP contribution in [0.2, 0.25) is 0 Å². The van der Waals surface area contributed by atoms with Crippen LogP contribution in [0, 0.1) is 12.3 Å². The minimum atomic E-state index is 0.0747. The molecule has 1 aromatic heterocycles. The quantitative estimate of drug-likeness (QED) is 0.643. The lowest BCUT2D eigenvalue weighted by Crippen LogP contribution is -2.23. The van der Waals surface area contributed by atoms with E-state index < -0.39 is 0 Å². The van der Waals surface area contributed by atoms with Gasteiger partial charge in [-0.15, -0.1) is 0 Å². The second-order valence-electron chi connectivity index (χ2n) is 4.86. The summed E-state index contributed by atoms with van der Waals surface area (Å²) in [6, 6.07) is 11.8. The van der Waals surface area contributed by atoms with Gasteiger partial charge in [-0.1, -0.05) is 6.07 Å². The van der Waals surface area contributed by atoms with Crippen LogP contribution in [0.3, 0.4) is 0 Å². The van der Waals surface area contributed by atoms with Gasteiger partial charge in [-0.2, -0.15) is 0 Å². The van der Waals surface area contributed by atoms with E-state index in [-0.39, 0.29) is 5.84 Å². The number of rotatable bonds is 5. The molecule has 0 unspecified atom stereocenters. The highest BCUT2D eigenvalue weighted by atomic mass is 79.9. The van der Waals surface area contributed by atoms with Gasteiger partial charge in [-0.05, 0) is 60.1 Å². The molecule has 5 heteroatoms. The zero-order valence-electron chi connectivity index (χ0n) is 12.2. The predicted octanol–water partition coefficient (Wildman–Crippen LogP) is 3.46. The van der Waals surface area contributed by atoms with E-state index in [0.29, 0.717) is 0 Å². The largest absolute Gasteiger partial charge is 0.384 e. The summed E-state index contributed by atoms with van der Waals surface area (Å²) in [5, 5.41) is 7.49. The van der Waals surface area contributed by atoms with Crippen molar-refractivity contribution in [2.75, 3.05) is 11.4 Å². The molecule has 0 bridgehead atoms. The van der Waals surface area contributed by atoms with Gasteiger partial charge in [-0.25, -0.2) is 0 Å². The third kappa shape index (κ3) is 3.82. The molecule has 1 heterocycles. The van der Waals surface area contributed by atoms with E-state index in [1.807, 2.05) is 43.3 Å². The predicted molar refractivity (Wildman–Crippen MR) is 90.9 cm³/mol. The summed E-state index contributed by atoms with van der Waals surface area (Å²) in [7, 11) is 0. The summed E-state index contributed by atoms with van der Waals surface area (Å²) >= 11 is 3.57. The van der Waals surface area contributed by atoms with Gasteiger partial charge in [-0.3, -0.25) is 10.4 Å². The first-order valence-electron chi connectivity index (χ1n) is 6.82. The summed E-state index contributed by atoms with van der Waals surface area (Å²) in [6.45, 7) is 5.72. The van der Waals surface area contributed by atoms with Crippen molar-refractivity contribution in [2.24, 2.45) is 5.73 Å². The Morgan fingerprint density at radius 2 is 2.10 bits per heavy atom. The maximum Gasteiger partial charge on any atom is 0.122 e. The maximum absolute atomic E-state index is 7.49. The van der Waals surface area contributed by atoms with Crippen LogP contribution in [0.5, 0.6) is 0 Å². The topological polar surface area (TPSA) is 66.0 Å². The molecule has 0 spiro atoms. The van der Waals surface area contributed by atoms with Gasteiger partial charge in [0.1, 0.15) is 5.84 Å². The van der Waals surface area contributed by atoms with E-state index >= 15 is 0 Å². The minimum Gasteiger partial charge on any atom is -0.384 e. The Morgan fingerprint density at radius 3 is 2.67 bits per heavy atom. The fourth-order valence-corrected chi connectivity index (χ4v) is 2.81. The van der Waals surface area contributed by atoms with Gasteiger partial charge in [0.15, 0.2) is 0 Å². The van der Waals surface area contributed by atoms with Gasteiger partial charge >= 0.3 is 0 Å². The molecule has 2 rings (SSSR count). The molecule has 0 saturated heterocycles. The minimum absolute atomic E-state index is 0.0747. The van der Waals surface area contributed by atoms with Crippen LogP contribution < -0.4 is 10.6 Å². The van der Waals surface area contributed by atoms with Gasteiger partial charge in [0, 0.05) is 22.3 Å². The highest BCUT2D eigenvalue weighted by molar-refractivity contribution is 9.10. The van der Waals surface area contributed by atoms with Crippen molar-refractivity contribution in [1.29, 1.82) is 5.41 Å². The number of halogens is 1. The molecule has 21 heavy (non-hydrogen) atoms. The summed E-state index contributed by atoms with van der Waals surface area (Å²) < 4.78 is 0.935. The molecule has 0 saturated carbocycles. The van der Waals surface area contributed by atoms with Gasteiger partial charge in [0.2, 0.25) is 0 Å². The monoisotopic (exact) mass is 346 g/mol. The molecular formula is C16H19BrN4. The van der Waals surface area contributed by atoms with Crippen molar-refractivity contribution in [3.8, 4) is 0 Å². The Labute approximate surface area is 133 Å². The van der Waals surface area contributed by atoms with Crippen LogP contribution in [0.1, 0.15) is 23.9 Å². The second kappa shape index (κ2) is 6.72. The third-order valence-electron chi connectivity index (χ3n) is 3.28. The molecule has 0 aliphatic rings. The number of benzene rings is 1. The Morgan fingerprint density at radius 1 is 1.33 bits per heavy atom. The van der Waals surface area contributed by atoms with Crippen LogP contribution in [-0.4, -0.2) is 17.4 Å². The molecule has 3 N–H and O–H groups in total. The second-order valence-corrected chi connectivity index (χ2v) is 5.72. The first-order valence-corrected chi connectivity index (χ1v) is 7.62. The number of amidine groups is 1. The molecular weight excluding hydrogens is 328 g/mol. The maximum atomic E-state index is 7.49. The first-order chi connectivity index (χ1) is 10.0. The molecule has 1 aromatic carbocycles. The Kier molecular flexibility index (Phi) is 4.96. The molecule has 4 nitrogen and oxygen atoms in total. The molecule has 0 amide bonds. The van der Waals surface area contributed by atoms with E-state index in [9.17, 15) is 0 Å². The fourth-order valence-electron chi connectivity index (χ4n) is 2.18. The molecule has 2 aromatic rings. The molecule has 0 atom stereocenters. The average molecular weight is 347 g/mol. The van der Waals surface area contributed by atoms with E-state index in [4.69, 9.17) is 11.1 Å². The van der Waals surface area contributed by atoms with Crippen molar-refractivity contribution in [2.45, 2.75) is 20.4 Å². The van der Waals surface area contributed by atoms with Gasteiger partial charge in [0.05, 0.1) is 17.9 Å². The lowest BCUT2D eigenvalue weighted by Gasteiger charge is -2.24. The number of aryl methyl sites for hydroxylation is 1. The van der Waals surface area contributed by atoms with Crippen molar-refractivity contribution >= 4 is 27.5 Å². The normalized spacial score (nSPS) is 10.4. The van der Waals surface area contributed by atoms with Crippen LogP contribution in [-0.2, 0) is 6.54 Å². The molecule has 0 aliphatic carbocycles. The Balaban J connectivity index is 2.27. The van der Waals surface area contributed by atoms with Crippen LogP contribution in [0.4, 0.5) is 5.69 Å². The van der Waals surface area contributed by atoms with Crippen LogP contribution >= 0.6 is 15.9 Å². The lowest BCUT2D eigenvalue weighted by atomic mass is 10.1. The summed E-state index contributed by atoms with van der Waals surface area (Å²) in [5.41, 5.74) is 9.38. The SMILES string of the molecule is CCN(Cc1cccc(C)n1)c1ccc(C(=N)N)cc1Br. The van der Waals surface area contributed by atoms with Crippen molar-refractivity contribution in [3.63, 3.8) is 0 Å². The van der Waals surface area contributed by atoms with Crippen LogP contribution in [0.15, 0.2) is 40.9 Å². The van der Waals surface area contributed by atoms with Crippen molar-refractivity contribution in [3.05, 3.63) is 57.8 Å². The molecule has 0 aliphatic heterocycles. The fraction of sp³-hybridized carbons (Fsp3) is 0.250. The number of nitrogens with two attached hydrogens (primary N) is 1. The number of pyridine rings is 1. The molecule has 0 radical (unpaired) electrons. The molecule has 110 valence electrons. The van der Waals surface area contributed by atoms with E-state index in [1.165, 1.54) is 0 Å². The van der Waals surface area contributed by atoms with E-state index in [0.717, 1.165) is 40.2 Å². The average Bonchev–Trinajstić information content (AvgIpc) is 2.45. The first kappa shape index (κ1) is 15.5. The number of aromatic nitrogens is 1. The number of nitrogens with one attached hydrogen (secondary N) is 1. The number of anilines is 1. The highest BCUT2D eigenvalue weighted by Gasteiger charge is 2.11. The van der Waals surface area contributed by atoms with E-state index in [1.54, 1.807) is 0 Å². The van der Waals surface area contributed by atoms with Crippen molar-refractivity contribution < 1.29 is 0 Å². The zero-order chi connectivity index (χ0) is 15.4. The van der Waals surface area contributed by atoms with Crippen LogP contribution in [0.25, 0.3) is 0 Å². The lowest BCUT2D eigenvalue weighted by molar-refractivity contribution is 0.804.